The van der Waals surface area contributed by atoms with Crippen molar-refractivity contribution in [1.29, 1.82) is 0 Å². The quantitative estimate of drug-likeness (QED) is 0.729. The minimum Gasteiger partial charge on any atom is -0.369 e. The van der Waals surface area contributed by atoms with Gasteiger partial charge in [0, 0.05) is 12.7 Å². The molecule has 1 aromatic carbocycles. The second-order valence-corrected chi connectivity index (χ2v) is 2.88. The number of hydrogen-bond acceptors (Lipinski definition) is 2. The smallest absolute Gasteiger partial charge is 0.369 e. The van der Waals surface area contributed by atoms with Gasteiger partial charge in [-0.1, -0.05) is 18.2 Å². The fourth-order valence-corrected chi connectivity index (χ4v) is 1.26. The van der Waals surface area contributed by atoms with Crippen molar-refractivity contribution in [2.75, 3.05) is 7.11 Å². The molecule has 0 saturated carbocycles. The summed E-state index contributed by atoms with van der Waals surface area (Å²) in [4.78, 5) is 10.5. The predicted octanol–water partition coefficient (Wildman–Crippen LogP) is 2.59. The van der Waals surface area contributed by atoms with Crippen LogP contribution in [0.25, 0.3) is 0 Å². The molecule has 1 atom stereocenters. The van der Waals surface area contributed by atoms with Gasteiger partial charge in [-0.25, -0.2) is 0 Å². The Morgan fingerprint density at radius 3 is 2.40 bits per heavy atom. The van der Waals surface area contributed by atoms with Crippen molar-refractivity contribution in [2.24, 2.45) is 0 Å². The van der Waals surface area contributed by atoms with E-state index >= 15 is 0 Å². The molecule has 0 heterocycles. The molecule has 0 aliphatic heterocycles. The molecule has 0 saturated heterocycles. The van der Waals surface area contributed by atoms with Crippen molar-refractivity contribution in [3.8, 4) is 0 Å². The number of hydrogen-bond donors (Lipinski definition) is 0. The molecule has 0 radical (unpaired) electrons. The summed E-state index contributed by atoms with van der Waals surface area (Å²) in [5.74, 6) is 0. The highest BCUT2D eigenvalue weighted by Crippen LogP contribution is 2.34. The van der Waals surface area contributed by atoms with Crippen molar-refractivity contribution in [1.82, 2.24) is 0 Å². The molecular weight excluding hydrogens is 209 g/mol. The van der Waals surface area contributed by atoms with Gasteiger partial charge >= 0.3 is 6.18 Å². The van der Waals surface area contributed by atoms with Gasteiger partial charge in [-0.15, -0.1) is 0 Å². The molecule has 0 N–H and O–H groups in total. The average Bonchev–Trinajstić information content (AvgIpc) is 2.19. The van der Waals surface area contributed by atoms with E-state index in [9.17, 15) is 18.0 Å². The summed E-state index contributed by atoms with van der Waals surface area (Å²) in [5.41, 5.74) is -1.01. The highest BCUT2D eigenvalue weighted by molar-refractivity contribution is 5.61. The molecular formula is C10H9F3O2. The molecule has 0 bridgehead atoms. The Hall–Kier alpha value is -1.36. The molecule has 5 heteroatoms. The molecule has 82 valence electrons. The molecule has 0 spiro atoms. The first-order chi connectivity index (χ1) is 7.00. The number of methoxy groups -OCH3 is 1. The lowest BCUT2D eigenvalue weighted by Crippen LogP contribution is -2.13. The fourth-order valence-electron chi connectivity index (χ4n) is 1.26. The van der Waals surface area contributed by atoms with E-state index in [0.29, 0.717) is 6.29 Å². The summed E-state index contributed by atoms with van der Waals surface area (Å²) in [6.07, 6.45) is -5.32. The Morgan fingerprint density at radius 2 is 1.93 bits per heavy atom. The van der Waals surface area contributed by atoms with E-state index in [2.05, 4.69) is 4.74 Å². The van der Waals surface area contributed by atoms with Crippen LogP contribution in [0.5, 0.6) is 0 Å². The number of rotatable bonds is 3. The van der Waals surface area contributed by atoms with Gasteiger partial charge in [0.1, 0.15) is 6.10 Å². The van der Waals surface area contributed by atoms with Crippen molar-refractivity contribution in [2.45, 2.75) is 12.3 Å². The minimum atomic E-state index is -4.48. The van der Waals surface area contributed by atoms with Gasteiger partial charge in [0.15, 0.2) is 6.29 Å². The zero-order valence-electron chi connectivity index (χ0n) is 7.91. The van der Waals surface area contributed by atoms with Crippen LogP contribution in [-0.4, -0.2) is 13.4 Å². The van der Waals surface area contributed by atoms with E-state index < -0.39 is 17.8 Å². The predicted molar refractivity (Wildman–Crippen MR) is 47.3 cm³/mol. The first-order valence-electron chi connectivity index (χ1n) is 4.15. The number of benzene rings is 1. The van der Waals surface area contributed by atoms with Gasteiger partial charge in [-0.2, -0.15) is 13.2 Å². The van der Waals surface area contributed by atoms with Crippen LogP contribution >= 0.6 is 0 Å². The van der Waals surface area contributed by atoms with Gasteiger partial charge in [-0.3, -0.25) is 0 Å². The molecule has 0 aliphatic carbocycles. The SMILES string of the molecule is COC(C=O)c1ccccc1C(F)(F)F. The van der Waals surface area contributed by atoms with E-state index in [1.165, 1.54) is 25.3 Å². The van der Waals surface area contributed by atoms with Crippen LogP contribution in [0.4, 0.5) is 13.2 Å². The maximum atomic E-state index is 12.5. The molecule has 0 amide bonds. The summed E-state index contributed by atoms with van der Waals surface area (Å²) >= 11 is 0. The lowest BCUT2D eigenvalue weighted by atomic mass is 10.0. The second-order valence-electron chi connectivity index (χ2n) is 2.88. The summed E-state index contributed by atoms with van der Waals surface area (Å²) in [6, 6.07) is 4.85. The Bertz CT molecular complexity index is 347. The molecule has 2 nitrogen and oxygen atoms in total. The standard InChI is InChI=1S/C10H9F3O2/c1-15-9(6-14)7-4-2-3-5-8(7)10(11,12)13/h2-6,9H,1H3. The van der Waals surface area contributed by atoms with E-state index in [1.54, 1.807) is 0 Å². The van der Waals surface area contributed by atoms with Crippen molar-refractivity contribution in [3.05, 3.63) is 35.4 Å². The zero-order chi connectivity index (χ0) is 11.5. The minimum absolute atomic E-state index is 0.164. The normalized spacial score (nSPS) is 13.6. The van der Waals surface area contributed by atoms with Crippen LogP contribution in [0.2, 0.25) is 0 Å². The Morgan fingerprint density at radius 1 is 1.33 bits per heavy atom. The maximum absolute atomic E-state index is 12.5. The van der Waals surface area contributed by atoms with Gasteiger partial charge in [0.25, 0.3) is 0 Å². The summed E-state index contributed by atoms with van der Waals surface area (Å²) < 4.78 is 42.2. The molecule has 0 aliphatic rings. The highest BCUT2D eigenvalue weighted by Gasteiger charge is 2.34. The fraction of sp³-hybridized carbons (Fsp3) is 0.300. The van der Waals surface area contributed by atoms with Gasteiger partial charge < -0.3 is 9.53 Å². The zero-order valence-corrected chi connectivity index (χ0v) is 7.91. The first kappa shape index (κ1) is 11.7. The summed E-state index contributed by atoms with van der Waals surface area (Å²) in [5, 5.41) is 0. The number of halogens is 3. The van der Waals surface area contributed by atoms with Crippen molar-refractivity contribution in [3.63, 3.8) is 0 Å². The Balaban J connectivity index is 3.22. The second kappa shape index (κ2) is 4.44. The van der Waals surface area contributed by atoms with E-state index in [1.807, 2.05) is 0 Å². The molecule has 1 rings (SSSR count). The molecule has 0 aromatic heterocycles. The van der Waals surface area contributed by atoms with Crippen molar-refractivity contribution >= 4 is 6.29 Å². The highest BCUT2D eigenvalue weighted by atomic mass is 19.4. The average molecular weight is 218 g/mol. The maximum Gasteiger partial charge on any atom is 0.416 e. The molecule has 1 aromatic rings. The largest absolute Gasteiger partial charge is 0.416 e. The Kier molecular flexibility index (Phi) is 3.47. The third-order valence-electron chi connectivity index (χ3n) is 1.95. The van der Waals surface area contributed by atoms with Gasteiger partial charge in [0.05, 0.1) is 5.56 Å². The van der Waals surface area contributed by atoms with Crippen LogP contribution in [0.15, 0.2) is 24.3 Å². The number of ether oxygens (including phenoxy) is 1. The van der Waals surface area contributed by atoms with Crippen LogP contribution in [0, 0.1) is 0 Å². The third-order valence-corrected chi connectivity index (χ3v) is 1.95. The number of carbonyl (C=O) groups excluding carboxylic acids is 1. The number of carbonyl (C=O) groups is 1. The first-order valence-corrected chi connectivity index (χ1v) is 4.15. The molecule has 1 unspecified atom stereocenters. The lowest BCUT2D eigenvalue weighted by Gasteiger charge is -2.15. The van der Waals surface area contributed by atoms with Gasteiger partial charge in [-0.05, 0) is 6.07 Å². The lowest BCUT2D eigenvalue weighted by molar-refractivity contribution is -0.139. The van der Waals surface area contributed by atoms with Crippen LogP contribution in [-0.2, 0) is 15.7 Å². The molecule has 15 heavy (non-hydrogen) atoms. The van der Waals surface area contributed by atoms with E-state index in [4.69, 9.17) is 0 Å². The van der Waals surface area contributed by atoms with Crippen molar-refractivity contribution < 1.29 is 22.7 Å². The van der Waals surface area contributed by atoms with Crippen LogP contribution < -0.4 is 0 Å². The van der Waals surface area contributed by atoms with Crippen LogP contribution in [0.3, 0.4) is 0 Å². The van der Waals surface area contributed by atoms with Crippen LogP contribution in [0.1, 0.15) is 17.2 Å². The third kappa shape index (κ3) is 2.56. The van der Waals surface area contributed by atoms with E-state index in [-0.39, 0.29) is 5.56 Å². The number of alkyl halides is 3. The monoisotopic (exact) mass is 218 g/mol. The van der Waals surface area contributed by atoms with Gasteiger partial charge in [0.2, 0.25) is 0 Å². The topological polar surface area (TPSA) is 26.3 Å². The number of aldehydes is 1. The van der Waals surface area contributed by atoms with E-state index in [0.717, 1.165) is 6.07 Å². The summed E-state index contributed by atoms with van der Waals surface area (Å²) in [6.45, 7) is 0. The summed E-state index contributed by atoms with van der Waals surface area (Å²) in [7, 11) is 1.19. The Labute approximate surface area is 84.7 Å². The molecule has 0 fully saturated rings.